The maximum absolute atomic E-state index is 10.5. The smallest absolute Gasteiger partial charge is 0.336 e. The van der Waals surface area contributed by atoms with E-state index in [1.165, 1.54) is 23.3 Å². The van der Waals surface area contributed by atoms with Crippen molar-refractivity contribution >= 4 is 16.1 Å². The molecule has 0 saturated carbocycles. The summed E-state index contributed by atoms with van der Waals surface area (Å²) in [7, 11) is -4.28. The lowest BCUT2D eigenvalue weighted by Crippen LogP contribution is -2.51. The summed E-state index contributed by atoms with van der Waals surface area (Å²) in [4.78, 5) is -0.167. The van der Waals surface area contributed by atoms with E-state index in [9.17, 15) is 13.0 Å². The SMILES string of the molecule is CCc1ccc(S(=O)(=O)[O-])cc1.Cc1ccccc1C.NC(N)=[NH2+]. The van der Waals surface area contributed by atoms with Gasteiger partial charge < -0.3 is 4.55 Å². The van der Waals surface area contributed by atoms with Gasteiger partial charge in [0, 0.05) is 0 Å². The van der Waals surface area contributed by atoms with E-state index in [1.807, 2.05) is 6.92 Å². The van der Waals surface area contributed by atoms with Crippen LogP contribution < -0.4 is 16.9 Å². The van der Waals surface area contributed by atoms with Crippen LogP contribution in [0.4, 0.5) is 0 Å². The van der Waals surface area contributed by atoms with Crippen LogP contribution in [-0.4, -0.2) is 18.9 Å². The van der Waals surface area contributed by atoms with E-state index in [4.69, 9.17) is 0 Å². The minimum atomic E-state index is -4.28. The number of nitrogens with two attached hydrogens (primary N) is 3. The fourth-order valence-corrected chi connectivity index (χ4v) is 2.02. The zero-order chi connectivity index (χ0) is 18.8. The zero-order valence-electron chi connectivity index (χ0n) is 14.2. The molecule has 6 N–H and O–H groups in total. The van der Waals surface area contributed by atoms with E-state index >= 15 is 0 Å². The van der Waals surface area contributed by atoms with Gasteiger partial charge in [0.2, 0.25) is 0 Å². The Morgan fingerprint density at radius 2 is 1.38 bits per heavy atom. The molecule has 0 fully saturated rings. The van der Waals surface area contributed by atoms with Crippen LogP contribution in [0.5, 0.6) is 0 Å². The molecule has 0 amide bonds. The third-order valence-electron chi connectivity index (χ3n) is 3.05. The average molecular weight is 351 g/mol. The Bertz CT molecular complexity index is 717. The standard InChI is InChI=1S/C8H10O3S.C8H10.CH5N3/c1-2-7-3-5-8(6-4-7)12(9,10)11;1-7-5-3-4-6-8(7)2;2-1(3)4/h3-6H,2H2,1H3,(H,9,10,11);3-6H,1-2H3;(H5,2,3,4). The Morgan fingerprint density at radius 3 is 1.62 bits per heavy atom. The molecule has 0 saturated heterocycles. The highest BCUT2D eigenvalue weighted by atomic mass is 32.2. The summed E-state index contributed by atoms with van der Waals surface area (Å²) < 4.78 is 31.4. The molecule has 0 aliphatic heterocycles. The third kappa shape index (κ3) is 9.60. The van der Waals surface area contributed by atoms with Gasteiger partial charge in [0.15, 0.2) is 0 Å². The fourth-order valence-electron chi connectivity index (χ4n) is 1.55. The number of guanidine groups is 1. The lowest BCUT2D eigenvalue weighted by molar-refractivity contribution is -0.116. The Kier molecular flexibility index (Phi) is 9.37. The molecule has 0 aliphatic carbocycles. The van der Waals surface area contributed by atoms with Crippen LogP contribution in [0.1, 0.15) is 23.6 Å². The summed E-state index contributed by atoms with van der Waals surface area (Å²) in [6, 6.07) is 14.3. The third-order valence-corrected chi connectivity index (χ3v) is 3.90. The molecule has 0 aliphatic rings. The minimum absolute atomic E-state index is 0.0833. The van der Waals surface area contributed by atoms with Crippen LogP contribution in [0.2, 0.25) is 0 Å². The lowest BCUT2D eigenvalue weighted by Gasteiger charge is -2.06. The summed E-state index contributed by atoms with van der Waals surface area (Å²) in [5, 5.41) is 4.58. The first kappa shape index (κ1) is 21.6. The lowest BCUT2D eigenvalue weighted by atomic mass is 10.1. The van der Waals surface area contributed by atoms with Gasteiger partial charge in [0.25, 0.3) is 0 Å². The quantitative estimate of drug-likeness (QED) is 0.411. The molecule has 24 heavy (non-hydrogen) atoms. The summed E-state index contributed by atoms with van der Waals surface area (Å²) in [6.07, 6.45) is 0.833. The van der Waals surface area contributed by atoms with Gasteiger partial charge in [0.1, 0.15) is 10.1 Å². The number of hydrogen-bond acceptors (Lipinski definition) is 3. The molecule has 2 aromatic rings. The normalized spacial score (nSPS) is 9.83. The van der Waals surface area contributed by atoms with Crippen LogP contribution in [0.25, 0.3) is 0 Å². The van der Waals surface area contributed by atoms with E-state index < -0.39 is 10.1 Å². The molecule has 0 heterocycles. The Balaban J connectivity index is 0.000000379. The van der Waals surface area contributed by atoms with Crippen LogP contribution >= 0.6 is 0 Å². The molecule has 7 heteroatoms. The fraction of sp³-hybridized carbons (Fsp3) is 0.235. The highest BCUT2D eigenvalue weighted by Crippen LogP contribution is 2.09. The molecular formula is C17H25N3O3S. The predicted molar refractivity (Wildman–Crippen MR) is 95.0 cm³/mol. The maximum atomic E-state index is 10.5. The molecule has 2 aromatic carbocycles. The van der Waals surface area contributed by atoms with E-state index in [1.54, 1.807) is 12.1 Å². The van der Waals surface area contributed by atoms with Crippen molar-refractivity contribution in [3.63, 3.8) is 0 Å². The van der Waals surface area contributed by atoms with Gasteiger partial charge in [-0.25, -0.2) is 8.42 Å². The van der Waals surface area contributed by atoms with Crippen LogP contribution in [-0.2, 0) is 16.5 Å². The van der Waals surface area contributed by atoms with Crippen molar-refractivity contribution < 1.29 is 18.4 Å². The van der Waals surface area contributed by atoms with E-state index in [0.29, 0.717) is 0 Å². The topological polar surface area (TPSA) is 135 Å². The van der Waals surface area contributed by atoms with Gasteiger partial charge in [-0.3, -0.25) is 16.9 Å². The van der Waals surface area contributed by atoms with Crippen molar-refractivity contribution in [2.24, 2.45) is 11.5 Å². The molecule has 0 bridgehead atoms. The van der Waals surface area contributed by atoms with Gasteiger partial charge in [-0.1, -0.05) is 43.3 Å². The second-order valence-corrected chi connectivity index (χ2v) is 6.42. The van der Waals surface area contributed by atoms with Crippen molar-refractivity contribution in [3.05, 3.63) is 65.2 Å². The summed E-state index contributed by atoms with van der Waals surface area (Å²) in [5.74, 6) is -0.0833. The van der Waals surface area contributed by atoms with E-state index in [2.05, 4.69) is 55.0 Å². The first-order valence-electron chi connectivity index (χ1n) is 7.28. The molecule has 2 rings (SSSR count). The first-order valence-corrected chi connectivity index (χ1v) is 8.69. The zero-order valence-corrected chi connectivity index (χ0v) is 15.0. The van der Waals surface area contributed by atoms with Gasteiger partial charge in [0.05, 0.1) is 4.90 Å². The van der Waals surface area contributed by atoms with E-state index in [0.717, 1.165) is 12.0 Å². The van der Waals surface area contributed by atoms with Crippen molar-refractivity contribution in [3.8, 4) is 0 Å². The molecular weight excluding hydrogens is 326 g/mol. The monoisotopic (exact) mass is 351 g/mol. The summed E-state index contributed by atoms with van der Waals surface area (Å²) in [5.41, 5.74) is 12.9. The Morgan fingerprint density at radius 1 is 1.00 bits per heavy atom. The molecule has 6 nitrogen and oxygen atoms in total. The van der Waals surface area contributed by atoms with Crippen molar-refractivity contribution in [1.82, 2.24) is 0 Å². The molecule has 0 aromatic heterocycles. The number of rotatable bonds is 2. The Hall–Kier alpha value is -2.38. The first-order chi connectivity index (χ1) is 11.1. The van der Waals surface area contributed by atoms with E-state index in [-0.39, 0.29) is 10.9 Å². The summed E-state index contributed by atoms with van der Waals surface area (Å²) >= 11 is 0. The summed E-state index contributed by atoms with van der Waals surface area (Å²) in [6.45, 7) is 6.20. The maximum Gasteiger partial charge on any atom is 0.336 e. The number of benzene rings is 2. The van der Waals surface area contributed by atoms with Gasteiger partial charge in [-0.2, -0.15) is 0 Å². The second kappa shape index (κ2) is 10.4. The number of hydrogen-bond donors (Lipinski definition) is 3. The second-order valence-electron chi connectivity index (χ2n) is 5.04. The highest BCUT2D eigenvalue weighted by Gasteiger charge is 1.98. The minimum Gasteiger partial charge on any atom is -0.744 e. The average Bonchev–Trinajstić information content (AvgIpc) is 2.49. The van der Waals surface area contributed by atoms with Crippen molar-refractivity contribution in [1.29, 1.82) is 0 Å². The number of aryl methyl sites for hydroxylation is 3. The van der Waals surface area contributed by atoms with Crippen molar-refractivity contribution in [2.75, 3.05) is 0 Å². The van der Waals surface area contributed by atoms with Crippen LogP contribution in [0.15, 0.2) is 53.4 Å². The van der Waals surface area contributed by atoms with Gasteiger partial charge >= 0.3 is 5.96 Å². The molecule has 0 radical (unpaired) electrons. The largest absolute Gasteiger partial charge is 0.744 e. The molecule has 0 unspecified atom stereocenters. The molecule has 132 valence electrons. The van der Waals surface area contributed by atoms with Gasteiger partial charge in [-0.15, -0.1) is 0 Å². The van der Waals surface area contributed by atoms with Gasteiger partial charge in [-0.05, 0) is 49.1 Å². The predicted octanol–water partition coefficient (Wildman–Crippen LogP) is 0.475. The van der Waals surface area contributed by atoms with Crippen LogP contribution in [0.3, 0.4) is 0 Å². The Labute approximate surface area is 143 Å². The molecule has 0 spiro atoms. The molecule has 0 atom stereocenters. The highest BCUT2D eigenvalue weighted by molar-refractivity contribution is 7.85. The van der Waals surface area contributed by atoms with Crippen LogP contribution in [0, 0.1) is 13.8 Å². The van der Waals surface area contributed by atoms with Crippen molar-refractivity contribution in [2.45, 2.75) is 32.1 Å².